The molecule has 2 aromatic carbocycles. The highest BCUT2D eigenvalue weighted by Crippen LogP contribution is 2.23. The van der Waals surface area contributed by atoms with Crippen molar-refractivity contribution in [1.29, 1.82) is 0 Å². The Morgan fingerprint density at radius 1 is 0.926 bits per heavy atom. The predicted octanol–water partition coefficient (Wildman–Crippen LogP) is 4.40. The van der Waals surface area contributed by atoms with Crippen LogP contribution in [0.25, 0.3) is 28.1 Å². The van der Waals surface area contributed by atoms with Crippen molar-refractivity contribution >= 4 is 11.0 Å². The number of nitrogens with zero attached hydrogens (tertiary/aromatic N) is 4. The van der Waals surface area contributed by atoms with Crippen molar-refractivity contribution in [3.05, 3.63) is 96.8 Å². The van der Waals surface area contributed by atoms with Gasteiger partial charge in [0.1, 0.15) is 5.82 Å². The lowest BCUT2D eigenvalue weighted by atomic mass is 10.0. The lowest BCUT2D eigenvalue weighted by molar-refractivity contribution is 1.02. The van der Waals surface area contributed by atoms with Gasteiger partial charge in [0.2, 0.25) is 0 Å². The molecule has 3 aromatic heterocycles. The van der Waals surface area contributed by atoms with E-state index in [9.17, 15) is 0 Å². The maximum absolute atomic E-state index is 4.68. The lowest BCUT2D eigenvalue weighted by Gasteiger charge is -2.10. The number of rotatable bonds is 4. The molecule has 130 valence electrons. The number of nitrogens with one attached hydrogen (secondary N) is 1. The van der Waals surface area contributed by atoms with Crippen molar-refractivity contribution in [2.75, 3.05) is 0 Å². The molecule has 27 heavy (non-hydrogen) atoms. The number of benzene rings is 2. The van der Waals surface area contributed by atoms with Crippen molar-refractivity contribution in [1.82, 2.24) is 24.5 Å². The first kappa shape index (κ1) is 15.5. The molecule has 0 spiro atoms. The van der Waals surface area contributed by atoms with Gasteiger partial charge in [0.25, 0.3) is 0 Å². The number of H-pyrrole nitrogens is 1. The number of imidazole rings is 2. The quantitative estimate of drug-likeness (QED) is 0.522. The standard InChI is InChI=1S/C22H17N5/c1-2-6-21(27-11-10-24-15-27)17(4-1)12-16-7-8-19-20(13-16)26-22(25-19)18-5-3-9-23-14-18/h1-11,13-15H,12H2,(H,25,26). The van der Waals surface area contributed by atoms with Crippen LogP contribution in [0.3, 0.4) is 0 Å². The van der Waals surface area contributed by atoms with E-state index in [0.717, 1.165) is 34.5 Å². The molecule has 0 aliphatic rings. The van der Waals surface area contributed by atoms with E-state index in [2.05, 4.69) is 62.4 Å². The molecule has 0 aliphatic heterocycles. The summed E-state index contributed by atoms with van der Waals surface area (Å²) in [5, 5.41) is 0. The molecular weight excluding hydrogens is 334 g/mol. The lowest BCUT2D eigenvalue weighted by Crippen LogP contribution is -1.98. The van der Waals surface area contributed by atoms with Crippen LogP contribution in [0.2, 0.25) is 0 Å². The van der Waals surface area contributed by atoms with Crippen molar-refractivity contribution in [3.8, 4) is 17.1 Å². The number of pyridine rings is 1. The van der Waals surface area contributed by atoms with Crippen molar-refractivity contribution in [2.45, 2.75) is 6.42 Å². The molecule has 1 N–H and O–H groups in total. The van der Waals surface area contributed by atoms with Gasteiger partial charge in [-0.25, -0.2) is 9.97 Å². The van der Waals surface area contributed by atoms with Crippen LogP contribution in [0.1, 0.15) is 11.1 Å². The normalized spacial score (nSPS) is 11.1. The minimum atomic E-state index is 0.839. The van der Waals surface area contributed by atoms with Crippen LogP contribution in [0.4, 0.5) is 0 Å². The molecule has 0 saturated heterocycles. The van der Waals surface area contributed by atoms with E-state index in [0.29, 0.717) is 0 Å². The Morgan fingerprint density at radius 2 is 1.89 bits per heavy atom. The molecule has 5 heteroatoms. The summed E-state index contributed by atoms with van der Waals surface area (Å²) in [6.45, 7) is 0. The summed E-state index contributed by atoms with van der Waals surface area (Å²) in [4.78, 5) is 16.4. The fourth-order valence-corrected chi connectivity index (χ4v) is 3.34. The number of hydrogen-bond acceptors (Lipinski definition) is 3. The Balaban J connectivity index is 1.50. The number of aromatic amines is 1. The van der Waals surface area contributed by atoms with E-state index < -0.39 is 0 Å². The van der Waals surface area contributed by atoms with Crippen LogP contribution < -0.4 is 0 Å². The predicted molar refractivity (Wildman–Crippen MR) is 106 cm³/mol. The summed E-state index contributed by atoms with van der Waals surface area (Å²) in [5.41, 5.74) is 6.61. The fraction of sp³-hybridized carbons (Fsp3) is 0.0455. The molecule has 5 aromatic rings. The molecule has 0 bridgehead atoms. The third-order valence-electron chi connectivity index (χ3n) is 4.65. The zero-order valence-corrected chi connectivity index (χ0v) is 14.6. The van der Waals surface area contributed by atoms with Gasteiger partial charge in [-0.05, 0) is 47.9 Å². The number of aromatic nitrogens is 5. The summed E-state index contributed by atoms with van der Waals surface area (Å²) < 4.78 is 2.05. The monoisotopic (exact) mass is 351 g/mol. The Morgan fingerprint density at radius 3 is 2.74 bits per heavy atom. The summed E-state index contributed by atoms with van der Waals surface area (Å²) in [6.07, 6.45) is 10.0. The van der Waals surface area contributed by atoms with Gasteiger partial charge < -0.3 is 9.55 Å². The van der Waals surface area contributed by atoms with Gasteiger partial charge >= 0.3 is 0 Å². The van der Waals surface area contributed by atoms with Gasteiger partial charge in [0.15, 0.2) is 0 Å². The van der Waals surface area contributed by atoms with E-state index >= 15 is 0 Å². The van der Waals surface area contributed by atoms with E-state index in [-0.39, 0.29) is 0 Å². The Bertz CT molecular complexity index is 1190. The SMILES string of the molecule is c1cncc(-c2nc3ccc(Cc4ccccc4-n4ccnc4)cc3[nH]2)c1. The van der Waals surface area contributed by atoms with Crippen LogP contribution in [0.15, 0.2) is 85.7 Å². The third kappa shape index (κ3) is 3.00. The summed E-state index contributed by atoms with van der Waals surface area (Å²) in [7, 11) is 0. The van der Waals surface area contributed by atoms with E-state index in [1.165, 1.54) is 11.1 Å². The van der Waals surface area contributed by atoms with Gasteiger partial charge in [-0.3, -0.25) is 4.98 Å². The summed E-state index contributed by atoms with van der Waals surface area (Å²) >= 11 is 0. The molecule has 0 saturated carbocycles. The fourth-order valence-electron chi connectivity index (χ4n) is 3.34. The van der Waals surface area contributed by atoms with Gasteiger partial charge in [0.05, 0.1) is 17.4 Å². The van der Waals surface area contributed by atoms with E-state index in [1.54, 1.807) is 12.4 Å². The number of fused-ring (bicyclic) bond motifs is 1. The van der Waals surface area contributed by atoms with Crippen molar-refractivity contribution < 1.29 is 0 Å². The molecule has 0 atom stereocenters. The first-order valence-corrected chi connectivity index (χ1v) is 8.82. The van der Waals surface area contributed by atoms with Crippen molar-refractivity contribution in [3.63, 3.8) is 0 Å². The highest BCUT2D eigenvalue weighted by molar-refractivity contribution is 5.80. The average Bonchev–Trinajstić information content (AvgIpc) is 3.39. The maximum atomic E-state index is 4.68. The second-order valence-corrected chi connectivity index (χ2v) is 6.45. The molecular formula is C22H17N5. The average molecular weight is 351 g/mol. The molecule has 5 nitrogen and oxygen atoms in total. The van der Waals surface area contributed by atoms with E-state index in [4.69, 9.17) is 0 Å². The molecule has 0 amide bonds. The summed E-state index contributed by atoms with van der Waals surface area (Å²) in [5.74, 6) is 0.842. The van der Waals surface area contributed by atoms with Crippen molar-refractivity contribution in [2.24, 2.45) is 0 Å². The molecule has 0 radical (unpaired) electrons. The van der Waals surface area contributed by atoms with Gasteiger partial charge in [0, 0.05) is 36.0 Å². The Hall–Kier alpha value is -3.73. The van der Waals surface area contributed by atoms with Crippen LogP contribution in [0.5, 0.6) is 0 Å². The molecule has 0 fully saturated rings. The molecule has 0 aliphatic carbocycles. The van der Waals surface area contributed by atoms with Crippen LogP contribution in [0, 0.1) is 0 Å². The zero-order valence-electron chi connectivity index (χ0n) is 14.6. The largest absolute Gasteiger partial charge is 0.338 e. The van der Waals surface area contributed by atoms with Crippen LogP contribution >= 0.6 is 0 Å². The second kappa shape index (κ2) is 6.53. The minimum absolute atomic E-state index is 0.839. The van der Waals surface area contributed by atoms with Gasteiger partial charge in [-0.15, -0.1) is 0 Å². The maximum Gasteiger partial charge on any atom is 0.140 e. The Labute approximate surface area is 156 Å². The molecule has 3 heterocycles. The highest BCUT2D eigenvalue weighted by atomic mass is 15.0. The molecule has 0 unspecified atom stereocenters. The van der Waals surface area contributed by atoms with Crippen LogP contribution in [-0.4, -0.2) is 24.5 Å². The van der Waals surface area contributed by atoms with E-state index in [1.807, 2.05) is 35.4 Å². The minimum Gasteiger partial charge on any atom is -0.338 e. The highest BCUT2D eigenvalue weighted by Gasteiger charge is 2.08. The van der Waals surface area contributed by atoms with Crippen LogP contribution in [-0.2, 0) is 6.42 Å². The third-order valence-corrected chi connectivity index (χ3v) is 4.65. The topological polar surface area (TPSA) is 59.4 Å². The molecule has 5 rings (SSSR count). The first-order chi connectivity index (χ1) is 13.4. The zero-order chi connectivity index (χ0) is 18.1. The smallest absolute Gasteiger partial charge is 0.140 e. The number of para-hydroxylation sites is 1. The van der Waals surface area contributed by atoms with Gasteiger partial charge in [-0.2, -0.15) is 0 Å². The number of hydrogen-bond donors (Lipinski definition) is 1. The summed E-state index contributed by atoms with van der Waals surface area (Å²) in [6, 6.07) is 18.7. The van der Waals surface area contributed by atoms with Gasteiger partial charge in [-0.1, -0.05) is 24.3 Å². The Kier molecular flexibility index (Phi) is 3.76. The second-order valence-electron chi connectivity index (χ2n) is 6.45. The first-order valence-electron chi connectivity index (χ1n) is 8.82.